The van der Waals surface area contributed by atoms with E-state index in [9.17, 15) is 18.0 Å². The molecule has 184 valence electrons. The first-order valence-electron chi connectivity index (χ1n) is 11.6. The van der Waals surface area contributed by atoms with E-state index in [-0.39, 0.29) is 32.0 Å². The molecule has 2 heterocycles. The largest absolute Gasteiger partial charge is 0.404 e. The Kier molecular flexibility index (Phi) is 7.77. The fourth-order valence-electron chi connectivity index (χ4n) is 4.74. The van der Waals surface area contributed by atoms with Gasteiger partial charge >= 0.3 is 6.18 Å². The summed E-state index contributed by atoms with van der Waals surface area (Å²) in [7, 11) is 0. The summed E-state index contributed by atoms with van der Waals surface area (Å²) in [6.45, 7) is 0.752. The van der Waals surface area contributed by atoms with Gasteiger partial charge in [0.1, 0.15) is 6.04 Å². The number of aromatic nitrogens is 1. The first-order chi connectivity index (χ1) is 16.8. The Balaban J connectivity index is 1.52. The number of halogens is 4. The summed E-state index contributed by atoms with van der Waals surface area (Å²) in [6, 6.07) is 19.5. The molecule has 0 radical (unpaired) electrons. The molecule has 1 aliphatic rings. The molecule has 1 saturated heterocycles. The van der Waals surface area contributed by atoms with Gasteiger partial charge in [0, 0.05) is 23.9 Å². The van der Waals surface area contributed by atoms with Crippen LogP contribution in [0.1, 0.15) is 34.5 Å². The van der Waals surface area contributed by atoms with Crippen molar-refractivity contribution >= 4 is 17.5 Å². The number of pyridine rings is 1. The van der Waals surface area contributed by atoms with Crippen molar-refractivity contribution in [3.63, 3.8) is 0 Å². The lowest BCUT2D eigenvalue weighted by atomic mass is 9.74. The number of carbonyl (C=O) groups is 1. The summed E-state index contributed by atoms with van der Waals surface area (Å²) >= 11 is 6.17. The fraction of sp³-hybridized carbons (Fsp3) is 0.333. The summed E-state index contributed by atoms with van der Waals surface area (Å²) in [5.41, 5.74) is 1.22. The van der Waals surface area contributed by atoms with Crippen LogP contribution in [-0.4, -0.2) is 47.6 Å². The molecule has 1 aromatic heterocycles. The van der Waals surface area contributed by atoms with Crippen LogP contribution in [0.2, 0.25) is 5.02 Å². The minimum absolute atomic E-state index is 0.0931. The number of rotatable bonds is 7. The lowest BCUT2D eigenvalue weighted by Gasteiger charge is -2.44. The van der Waals surface area contributed by atoms with Crippen LogP contribution in [0, 0.1) is 0 Å². The standard InChI is InChI=1S/C27H27ClF3N3O/c28-22-11-5-4-10-21(22)25(35)33-19-26(23-12-6-7-15-32-23)13-16-34(17-14-26)24(27(29,30)31)18-20-8-2-1-3-9-20/h1-12,15,24H,13-14,16-19H2,(H,33,35). The van der Waals surface area contributed by atoms with Crippen LogP contribution < -0.4 is 5.32 Å². The molecule has 1 amide bonds. The van der Waals surface area contributed by atoms with E-state index in [1.807, 2.05) is 12.1 Å². The molecule has 35 heavy (non-hydrogen) atoms. The first-order valence-corrected chi connectivity index (χ1v) is 12.0. The maximum absolute atomic E-state index is 14.1. The van der Waals surface area contributed by atoms with Gasteiger partial charge in [0.05, 0.1) is 10.6 Å². The van der Waals surface area contributed by atoms with E-state index >= 15 is 0 Å². The SMILES string of the molecule is O=C(NCC1(c2ccccn2)CCN(C(Cc2ccccc2)C(F)(F)F)CC1)c1ccccc1Cl. The van der Waals surface area contributed by atoms with Gasteiger partial charge in [0.25, 0.3) is 5.91 Å². The van der Waals surface area contributed by atoms with E-state index in [2.05, 4.69) is 10.3 Å². The predicted octanol–water partition coefficient (Wildman–Crippen LogP) is 5.67. The van der Waals surface area contributed by atoms with Crippen LogP contribution >= 0.6 is 11.6 Å². The third kappa shape index (κ3) is 6.03. The topological polar surface area (TPSA) is 45.2 Å². The van der Waals surface area contributed by atoms with E-state index in [1.54, 1.807) is 66.9 Å². The molecule has 0 aliphatic carbocycles. The van der Waals surface area contributed by atoms with Crippen LogP contribution in [0.5, 0.6) is 0 Å². The van der Waals surface area contributed by atoms with E-state index in [4.69, 9.17) is 11.6 Å². The Morgan fingerprint density at radius 1 is 1.00 bits per heavy atom. The van der Waals surface area contributed by atoms with E-state index < -0.39 is 17.6 Å². The van der Waals surface area contributed by atoms with E-state index in [1.165, 1.54) is 4.90 Å². The second-order valence-electron chi connectivity index (χ2n) is 8.94. The lowest BCUT2D eigenvalue weighted by molar-refractivity contribution is -0.187. The first kappa shape index (κ1) is 25.2. The summed E-state index contributed by atoms with van der Waals surface area (Å²) in [5, 5.41) is 3.31. The van der Waals surface area contributed by atoms with Gasteiger partial charge in [0.15, 0.2) is 0 Å². The Morgan fingerprint density at radius 3 is 2.29 bits per heavy atom. The fourth-order valence-corrected chi connectivity index (χ4v) is 4.96. The van der Waals surface area contributed by atoms with Gasteiger partial charge in [-0.1, -0.05) is 60.1 Å². The molecule has 3 aromatic rings. The molecule has 2 aromatic carbocycles. The number of nitrogens with zero attached hydrogens (tertiary/aromatic N) is 2. The number of benzene rings is 2. The Hall–Kier alpha value is -2.90. The van der Waals surface area contributed by atoms with E-state index in [0.717, 1.165) is 5.69 Å². The molecule has 1 fully saturated rings. The number of nitrogens with one attached hydrogen (secondary N) is 1. The zero-order chi connectivity index (χ0) is 24.9. The van der Waals surface area contributed by atoms with Gasteiger partial charge in [-0.2, -0.15) is 13.2 Å². The summed E-state index contributed by atoms with van der Waals surface area (Å²) < 4.78 is 42.2. The average Bonchev–Trinajstić information content (AvgIpc) is 2.87. The van der Waals surface area contributed by atoms with Gasteiger partial charge in [-0.25, -0.2) is 0 Å². The summed E-state index contributed by atoms with van der Waals surface area (Å²) in [6.07, 6.45) is -1.89. The number of hydrogen-bond acceptors (Lipinski definition) is 3. The maximum Gasteiger partial charge on any atom is 0.404 e. The predicted molar refractivity (Wildman–Crippen MR) is 130 cm³/mol. The van der Waals surface area contributed by atoms with Crippen LogP contribution in [0.3, 0.4) is 0 Å². The molecular weight excluding hydrogens is 475 g/mol. The highest BCUT2D eigenvalue weighted by atomic mass is 35.5. The number of alkyl halides is 3. The van der Waals surface area contributed by atoms with Crippen molar-refractivity contribution in [1.82, 2.24) is 15.2 Å². The van der Waals surface area contributed by atoms with Crippen molar-refractivity contribution < 1.29 is 18.0 Å². The lowest BCUT2D eigenvalue weighted by Crippen LogP contribution is -2.55. The smallest absolute Gasteiger partial charge is 0.351 e. The van der Waals surface area contributed by atoms with Crippen LogP contribution in [0.15, 0.2) is 79.0 Å². The highest BCUT2D eigenvalue weighted by Gasteiger charge is 2.47. The molecule has 4 nitrogen and oxygen atoms in total. The minimum atomic E-state index is -4.35. The average molecular weight is 502 g/mol. The third-order valence-electron chi connectivity index (χ3n) is 6.76. The van der Waals surface area contributed by atoms with Crippen molar-refractivity contribution in [2.24, 2.45) is 0 Å². The Morgan fingerprint density at radius 2 is 1.66 bits per heavy atom. The molecule has 0 saturated carbocycles. The van der Waals surface area contributed by atoms with Crippen molar-refractivity contribution in [3.8, 4) is 0 Å². The van der Waals surface area contributed by atoms with Crippen molar-refractivity contribution in [2.45, 2.75) is 36.9 Å². The number of hydrogen-bond donors (Lipinski definition) is 1. The molecule has 0 bridgehead atoms. The van der Waals surface area contributed by atoms with Crippen molar-refractivity contribution in [1.29, 1.82) is 0 Å². The van der Waals surface area contributed by atoms with Crippen molar-refractivity contribution in [2.75, 3.05) is 19.6 Å². The van der Waals surface area contributed by atoms with Gasteiger partial charge in [-0.05, 0) is 62.2 Å². The molecule has 0 spiro atoms. The number of piperidine rings is 1. The highest BCUT2D eigenvalue weighted by Crippen LogP contribution is 2.37. The molecule has 1 atom stereocenters. The second kappa shape index (κ2) is 10.8. The highest BCUT2D eigenvalue weighted by molar-refractivity contribution is 6.33. The minimum Gasteiger partial charge on any atom is -0.351 e. The normalized spacial score (nSPS) is 17.0. The Bertz CT molecular complexity index is 1120. The number of likely N-dealkylation sites (tertiary alicyclic amines) is 1. The quantitative estimate of drug-likeness (QED) is 0.453. The van der Waals surface area contributed by atoms with Crippen LogP contribution in [-0.2, 0) is 11.8 Å². The molecular formula is C27H27ClF3N3O. The van der Waals surface area contributed by atoms with Gasteiger partial charge < -0.3 is 5.32 Å². The summed E-state index contributed by atoms with van der Waals surface area (Å²) in [5.74, 6) is -0.314. The zero-order valence-electron chi connectivity index (χ0n) is 19.1. The molecule has 1 unspecified atom stereocenters. The summed E-state index contributed by atoms with van der Waals surface area (Å²) in [4.78, 5) is 18.8. The number of carbonyl (C=O) groups excluding carboxylic acids is 1. The molecule has 8 heteroatoms. The van der Waals surface area contributed by atoms with Crippen LogP contribution in [0.4, 0.5) is 13.2 Å². The number of amides is 1. The molecule has 1 aliphatic heterocycles. The van der Waals surface area contributed by atoms with Gasteiger partial charge in [-0.15, -0.1) is 0 Å². The maximum atomic E-state index is 14.1. The second-order valence-corrected chi connectivity index (χ2v) is 9.35. The monoisotopic (exact) mass is 501 g/mol. The Labute approximate surface area is 208 Å². The van der Waals surface area contributed by atoms with Gasteiger partial charge in [-0.3, -0.25) is 14.7 Å². The van der Waals surface area contributed by atoms with Crippen LogP contribution in [0.25, 0.3) is 0 Å². The van der Waals surface area contributed by atoms with Gasteiger partial charge in [0.2, 0.25) is 0 Å². The molecule has 1 N–H and O–H groups in total. The third-order valence-corrected chi connectivity index (χ3v) is 7.09. The van der Waals surface area contributed by atoms with Crippen molar-refractivity contribution in [3.05, 3.63) is 101 Å². The molecule has 4 rings (SSSR count). The van der Waals surface area contributed by atoms with E-state index in [0.29, 0.717) is 29.0 Å². The zero-order valence-corrected chi connectivity index (χ0v) is 19.9.